The first-order valence-electron chi connectivity index (χ1n) is 8.49. The summed E-state index contributed by atoms with van der Waals surface area (Å²) in [6.45, 7) is 8.52. The van der Waals surface area contributed by atoms with Gasteiger partial charge in [-0.25, -0.2) is 4.98 Å². The maximum Gasteiger partial charge on any atom is 0.191 e. The van der Waals surface area contributed by atoms with Crippen molar-refractivity contribution < 1.29 is 4.74 Å². The van der Waals surface area contributed by atoms with Gasteiger partial charge in [0.25, 0.3) is 0 Å². The van der Waals surface area contributed by atoms with Crippen molar-refractivity contribution in [3.05, 3.63) is 23.9 Å². The summed E-state index contributed by atoms with van der Waals surface area (Å²) in [6, 6.07) is 4.18. The van der Waals surface area contributed by atoms with E-state index < -0.39 is 0 Å². The number of hydrogen-bond donors (Lipinski definition) is 2. The molecule has 6 nitrogen and oxygen atoms in total. The summed E-state index contributed by atoms with van der Waals surface area (Å²) in [5.74, 6) is 1.87. The fourth-order valence-corrected chi connectivity index (χ4v) is 2.56. The Hall–Kier alpha value is -1.09. The van der Waals surface area contributed by atoms with Crippen LogP contribution in [0.3, 0.4) is 0 Å². The fourth-order valence-electron chi connectivity index (χ4n) is 2.56. The number of halogens is 1. The number of aliphatic imine (C=N–C) groups is 1. The van der Waals surface area contributed by atoms with Gasteiger partial charge in [0.1, 0.15) is 5.82 Å². The van der Waals surface area contributed by atoms with Crippen molar-refractivity contribution in [1.82, 2.24) is 15.6 Å². The van der Waals surface area contributed by atoms with Crippen LogP contribution in [0.4, 0.5) is 5.82 Å². The van der Waals surface area contributed by atoms with E-state index in [2.05, 4.69) is 45.4 Å². The van der Waals surface area contributed by atoms with Gasteiger partial charge in [-0.1, -0.05) is 13.3 Å². The molecule has 1 aliphatic rings. The first kappa shape index (κ1) is 21.0. The quantitative estimate of drug-likeness (QED) is 0.304. The third-order valence-electron chi connectivity index (χ3n) is 3.88. The minimum Gasteiger partial charge on any atom is -0.375 e. The smallest absolute Gasteiger partial charge is 0.191 e. The van der Waals surface area contributed by atoms with Gasteiger partial charge < -0.3 is 20.3 Å². The van der Waals surface area contributed by atoms with Crippen molar-refractivity contribution in [2.24, 2.45) is 4.99 Å². The molecule has 0 aliphatic carbocycles. The molecule has 2 N–H and O–H groups in total. The third kappa shape index (κ3) is 6.80. The number of morpholine rings is 1. The molecule has 1 atom stereocenters. The van der Waals surface area contributed by atoms with Gasteiger partial charge in [0.2, 0.25) is 0 Å². The summed E-state index contributed by atoms with van der Waals surface area (Å²) in [4.78, 5) is 11.0. The largest absolute Gasteiger partial charge is 0.375 e. The van der Waals surface area contributed by atoms with E-state index in [1.807, 2.05) is 12.3 Å². The first-order valence-corrected chi connectivity index (χ1v) is 8.49. The number of pyridine rings is 1. The lowest BCUT2D eigenvalue weighted by molar-refractivity contribution is 0.0529. The second kappa shape index (κ2) is 11.5. The molecule has 1 aromatic rings. The van der Waals surface area contributed by atoms with Gasteiger partial charge in [-0.3, -0.25) is 4.99 Å². The normalized spacial score (nSPS) is 18.0. The topological polar surface area (TPSA) is 61.8 Å². The van der Waals surface area contributed by atoms with Crippen molar-refractivity contribution in [1.29, 1.82) is 0 Å². The summed E-state index contributed by atoms with van der Waals surface area (Å²) < 4.78 is 5.59. The average Bonchev–Trinajstić information content (AvgIpc) is 2.58. The summed E-state index contributed by atoms with van der Waals surface area (Å²) in [5, 5.41) is 6.67. The monoisotopic (exact) mass is 447 g/mol. The Morgan fingerprint density at radius 3 is 3.00 bits per heavy atom. The Bertz CT molecular complexity index is 512. The van der Waals surface area contributed by atoms with Gasteiger partial charge in [-0.05, 0) is 31.0 Å². The van der Waals surface area contributed by atoms with Crippen LogP contribution in [0.1, 0.15) is 32.3 Å². The summed E-state index contributed by atoms with van der Waals surface area (Å²) >= 11 is 0. The zero-order valence-electron chi connectivity index (χ0n) is 14.9. The molecule has 0 saturated carbocycles. The van der Waals surface area contributed by atoms with Crippen LogP contribution in [0.15, 0.2) is 23.3 Å². The highest BCUT2D eigenvalue weighted by Crippen LogP contribution is 2.16. The van der Waals surface area contributed by atoms with Gasteiger partial charge in [0, 0.05) is 39.4 Å². The van der Waals surface area contributed by atoms with Crippen LogP contribution < -0.4 is 15.5 Å². The van der Waals surface area contributed by atoms with E-state index in [0.717, 1.165) is 51.0 Å². The zero-order chi connectivity index (χ0) is 16.5. The van der Waals surface area contributed by atoms with E-state index in [0.29, 0.717) is 0 Å². The number of unbranched alkanes of at least 4 members (excludes halogenated alkanes) is 1. The summed E-state index contributed by atoms with van der Waals surface area (Å²) in [7, 11) is 1.80. The Kier molecular flexibility index (Phi) is 10.0. The number of hydrogen-bond acceptors (Lipinski definition) is 4. The number of ether oxygens (including phenoxy) is 1. The molecule has 0 spiro atoms. The molecule has 2 heterocycles. The third-order valence-corrected chi connectivity index (χ3v) is 3.88. The number of nitrogens with zero attached hydrogens (tertiary/aromatic N) is 3. The van der Waals surface area contributed by atoms with Crippen molar-refractivity contribution in [2.75, 3.05) is 38.2 Å². The lowest BCUT2D eigenvalue weighted by Gasteiger charge is -2.32. The lowest BCUT2D eigenvalue weighted by Crippen LogP contribution is -2.41. The maximum atomic E-state index is 5.59. The van der Waals surface area contributed by atoms with Crippen LogP contribution in [0, 0.1) is 0 Å². The van der Waals surface area contributed by atoms with Crippen LogP contribution in [0.25, 0.3) is 0 Å². The van der Waals surface area contributed by atoms with Crippen LogP contribution in [0.5, 0.6) is 0 Å². The highest BCUT2D eigenvalue weighted by molar-refractivity contribution is 14.0. The van der Waals surface area contributed by atoms with E-state index >= 15 is 0 Å². The van der Waals surface area contributed by atoms with Crippen molar-refractivity contribution in [3.8, 4) is 0 Å². The van der Waals surface area contributed by atoms with Crippen LogP contribution in [0.2, 0.25) is 0 Å². The standard InChI is InChI=1S/C17H29N5O.HI/c1-4-5-7-20-17(18-3)21-12-15-6-8-19-16(11-15)22-9-10-23-14(2)13-22;/h6,8,11,14H,4-5,7,9-10,12-13H2,1-3H3,(H2,18,20,21);1H. The van der Waals surface area contributed by atoms with Crippen molar-refractivity contribution in [3.63, 3.8) is 0 Å². The molecule has 0 radical (unpaired) electrons. The summed E-state index contributed by atoms with van der Waals surface area (Å²) in [6.07, 6.45) is 4.46. The van der Waals surface area contributed by atoms with E-state index in [4.69, 9.17) is 4.74 Å². The second-order valence-corrected chi connectivity index (χ2v) is 5.86. The van der Waals surface area contributed by atoms with Gasteiger partial charge >= 0.3 is 0 Å². The molecule has 136 valence electrons. The zero-order valence-corrected chi connectivity index (χ0v) is 17.2. The van der Waals surface area contributed by atoms with Gasteiger partial charge in [0.15, 0.2) is 5.96 Å². The van der Waals surface area contributed by atoms with Crippen LogP contribution in [-0.2, 0) is 11.3 Å². The van der Waals surface area contributed by atoms with E-state index in [9.17, 15) is 0 Å². The molecule has 2 rings (SSSR count). The van der Waals surface area contributed by atoms with E-state index in [1.165, 1.54) is 12.0 Å². The number of rotatable bonds is 6. The molecule has 1 aliphatic heterocycles. The second-order valence-electron chi connectivity index (χ2n) is 5.86. The molecule has 7 heteroatoms. The molecular weight excluding hydrogens is 417 g/mol. The Morgan fingerprint density at radius 2 is 2.29 bits per heavy atom. The first-order chi connectivity index (χ1) is 11.2. The SMILES string of the molecule is CCCCNC(=NC)NCc1ccnc(N2CCOC(C)C2)c1.I. The van der Waals surface area contributed by atoms with Crippen molar-refractivity contribution >= 4 is 35.8 Å². The molecular formula is C17H30IN5O. The number of guanidine groups is 1. The minimum absolute atomic E-state index is 0. The molecule has 0 bridgehead atoms. The Labute approximate surface area is 162 Å². The lowest BCUT2D eigenvalue weighted by atomic mass is 10.2. The number of aromatic nitrogens is 1. The highest BCUT2D eigenvalue weighted by atomic mass is 127. The van der Waals surface area contributed by atoms with Gasteiger partial charge in [-0.15, -0.1) is 24.0 Å². The molecule has 0 aromatic carbocycles. The number of anilines is 1. The van der Waals surface area contributed by atoms with E-state index in [1.54, 1.807) is 7.05 Å². The highest BCUT2D eigenvalue weighted by Gasteiger charge is 2.17. The van der Waals surface area contributed by atoms with Crippen molar-refractivity contribution in [2.45, 2.75) is 39.3 Å². The predicted octanol–water partition coefficient (Wildman–Crippen LogP) is 2.39. The minimum atomic E-state index is 0. The predicted molar refractivity (Wildman–Crippen MR) is 110 cm³/mol. The van der Waals surface area contributed by atoms with E-state index in [-0.39, 0.29) is 30.1 Å². The number of nitrogens with one attached hydrogen (secondary N) is 2. The molecule has 1 fully saturated rings. The summed E-state index contributed by atoms with van der Waals surface area (Å²) in [5.41, 5.74) is 1.20. The van der Waals surface area contributed by atoms with Crippen LogP contribution in [-0.4, -0.2) is 50.3 Å². The molecule has 1 aromatic heterocycles. The van der Waals surface area contributed by atoms with Crippen LogP contribution >= 0.6 is 24.0 Å². The average molecular weight is 447 g/mol. The van der Waals surface area contributed by atoms with Gasteiger partial charge in [0.05, 0.1) is 12.7 Å². The molecule has 0 amide bonds. The Morgan fingerprint density at radius 1 is 1.46 bits per heavy atom. The van der Waals surface area contributed by atoms with Gasteiger partial charge in [-0.2, -0.15) is 0 Å². The molecule has 1 saturated heterocycles. The fraction of sp³-hybridized carbons (Fsp3) is 0.647. The Balaban J connectivity index is 0.00000288. The molecule has 1 unspecified atom stereocenters. The molecule has 24 heavy (non-hydrogen) atoms. The maximum absolute atomic E-state index is 5.59.